The fourth-order valence-corrected chi connectivity index (χ4v) is 3.71. The van der Waals surface area contributed by atoms with E-state index in [1.54, 1.807) is 0 Å². The molecule has 5 heteroatoms. The van der Waals surface area contributed by atoms with Crippen LogP contribution in [0.2, 0.25) is 0 Å². The quantitative estimate of drug-likeness (QED) is 0.768. The topological polar surface area (TPSA) is 27.0 Å². The summed E-state index contributed by atoms with van der Waals surface area (Å²) >= 11 is 0. The molecule has 1 aliphatic heterocycles. The van der Waals surface area contributed by atoms with Crippen molar-refractivity contribution in [2.24, 2.45) is 17.8 Å². The number of hydrogen-bond donors (Lipinski definition) is 0. The zero-order chi connectivity index (χ0) is 14.8. The standard InChI is InChI=1S/C15H23F3N2/c1-2-11-3-4-12(10-19)14(9-11)20-7-5-13(6-8-20)15(16,17)18/h11-14H,2-9H2,1H3. The van der Waals surface area contributed by atoms with E-state index < -0.39 is 12.1 Å². The summed E-state index contributed by atoms with van der Waals surface area (Å²) in [5.74, 6) is -0.518. The highest BCUT2D eigenvalue weighted by molar-refractivity contribution is 4.98. The SMILES string of the molecule is CCC1CCC(C#N)C(N2CCC(C(F)(F)F)CC2)C1. The molecule has 0 bridgehead atoms. The van der Waals surface area contributed by atoms with Crippen LogP contribution in [0.3, 0.4) is 0 Å². The van der Waals surface area contributed by atoms with Crippen molar-refractivity contribution in [3.63, 3.8) is 0 Å². The van der Waals surface area contributed by atoms with Crippen molar-refractivity contribution in [1.29, 1.82) is 5.26 Å². The minimum atomic E-state index is -4.06. The average molecular weight is 288 g/mol. The van der Waals surface area contributed by atoms with Gasteiger partial charge in [-0.15, -0.1) is 0 Å². The Morgan fingerprint density at radius 2 is 1.80 bits per heavy atom. The second-order valence-electron chi connectivity index (χ2n) is 6.24. The van der Waals surface area contributed by atoms with Gasteiger partial charge in [-0.05, 0) is 51.1 Å². The van der Waals surface area contributed by atoms with Gasteiger partial charge in [0.1, 0.15) is 0 Å². The molecule has 2 nitrogen and oxygen atoms in total. The van der Waals surface area contributed by atoms with Crippen LogP contribution in [-0.2, 0) is 0 Å². The second kappa shape index (κ2) is 6.34. The Morgan fingerprint density at radius 3 is 2.30 bits per heavy atom. The lowest BCUT2D eigenvalue weighted by molar-refractivity contribution is -0.186. The van der Waals surface area contributed by atoms with Gasteiger partial charge in [-0.1, -0.05) is 13.3 Å². The van der Waals surface area contributed by atoms with Crippen LogP contribution in [0.5, 0.6) is 0 Å². The van der Waals surface area contributed by atoms with Crippen molar-refractivity contribution in [3.8, 4) is 6.07 Å². The van der Waals surface area contributed by atoms with Crippen molar-refractivity contribution in [3.05, 3.63) is 0 Å². The summed E-state index contributed by atoms with van der Waals surface area (Å²) < 4.78 is 38.1. The van der Waals surface area contributed by atoms with Crippen molar-refractivity contribution >= 4 is 0 Å². The maximum absolute atomic E-state index is 12.7. The van der Waals surface area contributed by atoms with E-state index in [9.17, 15) is 18.4 Å². The molecule has 20 heavy (non-hydrogen) atoms. The molecule has 1 saturated heterocycles. The van der Waals surface area contributed by atoms with Gasteiger partial charge in [0, 0.05) is 6.04 Å². The number of halogens is 3. The van der Waals surface area contributed by atoms with Crippen LogP contribution in [0.15, 0.2) is 0 Å². The first-order valence-electron chi connectivity index (χ1n) is 7.66. The second-order valence-corrected chi connectivity index (χ2v) is 6.24. The monoisotopic (exact) mass is 288 g/mol. The zero-order valence-electron chi connectivity index (χ0n) is 12.0. The highest BCUT2D eigenvalue weighted by atomic mass is 19.4. The summed E-state index contributed by atoms with van der Waals surface area (Å²) in [7, 11) is 0. The third-order valence-corrected chi connectivity index (χ3v) is 5.13. The molecule has 0 N–H and O–H groups in total. The number of nitriles is 1. The van der Waals surface area contributed by atoms with Crippen LogP contribution < -0.4 is 0 Å². The molecule has 3 atom stereocenters. The molecule has 0 radical (unpaired) electrons. The van der Waals surface area contributed by atoms with Gasteiger partial charge < -0.3 is 0 Å². The molecule has 0 aromatic heterocycles. The van der Waals surface area contributed by atoms with Gasteiger partial charge in [0.05, 0.1) is 17.9 Å². The van der Waals surface area contributed by atoms with E-state index in [4.69, 9.17) is 0 Å². The minimum absolute atomic E-state index is 0.000219. The van der Waals surface area contributed by atoms with Crippen LogP contribution in [-0.4, -0.2) is 30.2 Å². The third kappa shape index (κ3) is 3.46. The molecule has 1 heterocycles. The lowest BCUT2D eigenvalue weighted by atomic mass is 9.76. The smallest absolute Gasteiger partial charge is 0.299 e. The number of alkyl halides is 3. The number of likely N-dealkylation sites (tertiary alicyclic amines) is 1. The largest absolute Gasteiger partial charge is 0.391 e. The van der Waals surface area contributed by atoms with Gasteiger partial charge in [0.2, 0.25) is 0 Å². The van der Waals surface area contributed by atoms with Crippen LogP contribution in [0.25, 0.3) is 0 Å². The molecule has 2 fully saturated rings. The molecule has 3 unspecified atom stereocenters. The summed E-state index contributed by atoms with van der Waals surface area (Å²) in [5.41, 5.74) is 0. The third-order valence-electron chi connectivity index (χ3n) is 5.13. The maximum atomic E-state index is 12.7. The molecule has 2 rings (SSSR count). The minimum Gasteiger partial charge on any atom is -0.299 e. The summed E-state index contributed by atoms with van der Waals surface area (Å²) in [5, 5.41) is 9.28. The molecule has 114 valence electrons. The van der Waals surface area contributed by atoms with E-state index in [0.29, 0.717) is 19.0 Å². The molecule has 0 aromatic carbocycles. The van der Waals surface area contributed by atoms with E-state index in [-0.39, 0.29) is 24.8 Å². The highest BCUT2D eigenvalue weighted by Gasteiger charge is 2.43. The number of nitrogens with zero attached hydrogens (tertiary/aromatic N) is 2. The van der Waals surface area contributed by atoms with E-state index >= 15 is 0 Å². The predicted octanol–water partition coefficient (Wildman–Crippen LogP) is 3.98. The lowest BCUT2D eigenvalue weighted by Crippen LogP contribution is -2.49. The fourth-order valence-electron chi connectivity index (χ4n) is 3.71. The van der Waals surface area contributed by atoms with Gasteiger partial charge in [-0.2, -0.15) is 18.4 Å². The van der Waals surface area contributed by atoms with E-state index in [1.807, 2.05) is 0 Å². The summed E-state index contributed by atoms with van der Waals surface area (Å²) in [6.45, 7) is 3.14. The summed E-state index contributed by atoms with van der Waals surface area (Å²) in [6, 6.07) is 2.55. The first-order valence-corrected chi connectivity index (χ1v) is 7.66. The van der Waals surface area contributed by atoms with E-state index in [2.05, 4.69) is 17.9 Å². The first-order chi connectivity index (χ1) is 9.45. The molecule has 1 aliphatic carbocycles. The number of hydrogen-bond acceptors (Lipinski definition) is 2. The Kier molecular flexibility index (Phi) is 4.95. The molecule has 2 aliphatic rings. The van der Waals surface area contributed by atoms with E-state index in [0.717, 1.165) is 25.7 Å². The molecule has 0 amide bonds. The van der Waals surface area contributed by atoms with Gasteiger partial charge in [0.15, 0.2) is 0 Å². The number of rotatable bonds is 2. The molecular formula is C15H23F3N2. The van der Waals surface area contributed by atoms with Gasteiger partial charge in [0.25, 0.3) is 0 Å². The Hall–Kier alpha value is -0.760. The molecule has 1 saturated carbocycles. The van der Waals surface area contributed by atoms with Crippen molar-refractivity contribution in [2.45, 2.75) is 57.7 Å². The first kappa shape index (κ1) is 15.6. The zero-order valence-corrected chi connectivity index (χ0v) is 12.0. The highest BCUT2D eigenvalue weighted by Crippen LogP contribution is 2.38. The van der Waals surface area contributed by atoms with Crippen LogP contribution in [0.4, 0.5) is 13.2 Å². The molecule has 0 aromatic rings. The Labute approximate surface area is 118 Å². The fraction of sp³-hybridized carbons (Fsp3) is 0.933. The Morgan fingerprint density at radius 1 is 1.15 bits per heavy atom. The average Bonchev–Trinajstić information content (AvgIpc) is 2.45. The van der Waals surface area contributed by atoms with Crippen LogP contribution in [0, 0.1) is 29.1 Å². The van der Waals surface area contributed by atoms with Crippen molar-refractivity contribution < 1.29 is 13.2 Å². The molecule has 0 spiro atoms. The summed E-state index contributed by atoms with van der Waals surface area (Å²) in [6.07, 6.45) is 0.394. The van der Waals surface area contributed by atoms with Crippen molar-refractivity contribution in [1.82, 2.24) is 4.90 Å². The molecular weight excluding hydrogens is 265 g/mol. The van der Waals surface area contributed by atoms with Crippen LogP contribution >= 0.6 is 0 Å². The lowest BCUT2D eigenvalue weighted by Gasteiger charge is -2.43. The van der Waals surface area contributed by atoms with Gasteiger partial charge >= 0.3 is 6.18 Å². The van der Waals surface area contributed by atoms with E-state index in [1.165, 1.54) is 0 Å². The Balaban J connectivity index is 1.95. The maximum Gasteiger partial charge on any atom is 0.391 e. The number of piperidine rings is 1. The van der Waals surface area contributed by atoms with Crippen LogP contribution in [0.1, 0.15) is 45.4 Å². The summed E-state index contributed by atoms with van der Waals surface area (Å²) in [4.78, 5) is 2.15. The van der Waals surface area contributed by atoms with Crippen molar-refractivity contribution in [2.75, 3.05) is 13.1 Å². The normalized spacial score (nSPS) is 33.9. The van der Waals surface area contributed by atoms with Gasteiger partial charge in [-0.3, -0.25) is 4.90 Å². The van der Waals surface area contributed by atoms with Gasteiger partial charge in [-0.25, -0.2) is 0 Å². The predicted molar refractivity (Wildman–Crippen MR) is 70.9 cm³/mol. The Bertz CT molecular complexity index is 353.